The molecule has 3 fully saturated rings. The van der Waals surface area contributed by atoms with Crippen LogP contribution in [0.3, 0.4) is 0 Å². The number of carbonyl (C=O) groups excluding carboxylic acids is 3. The summed E-state index contributed by atoms with van der Waals surface area (Å²) in [7, 11) is 0. The van der Waals surface area contributed by atoms with Gasteiger partial charge in [-0.3, -0.25) is 19.3 Å². The quantitative estimate of drug-likeness (QED) is 0.425. The zero-order chi connectivity index (χ0) is 18.1. The lowest BCUT2D eigenvalue weighted by molar-refractivity contribution is -0.144. The smallest absolute Gasteiger partial charge is 0.240 e. The highest BCUT2D eigenvalue weighted by molar-refractivity contribution is 6.08. The molecule has 0 spiro atoms. The number of allylic oxidation sites excluding steroid dienone is 2. The lowest BCUT2D eigenvalue weighted by atomic mass is 9.85. The Labute approximate surface area is 154 Å². The van der Waals surface area contributed by atoms with E-state index in [1.165, 1.54) is 24.2 Å². The zero-order valence-electron chi connectivity index (χ0n) is 15.2. The van der Waals surface area contributed by atoms with Crippen LogP contribution in [-0.2, 0) is 19.1 Å². The Balaban J connectivity index is 1.17. The van der Waals surface area contributed by atoms with Crippen LogP contribution in [0.2, 0.25) is 0 Å². The maximum absolute atomic E-state index is 12.5. The fraction of sp³-hybridized carbons (Fsp3) is 0.750. The van der Waals surface area contributed by atoms with Crippen LogP contribution in [-0.4, -0.2) is 48.4 Å². The van der Waals surface area contributed by atoms with Gasteiger partial charge in [0.05, 0.1) is 17.9 Å². The van der Waals surface area contributed by atoms with E-state index >= 15 is 0 Å². The SMILES string of the molecule is O=C(CN1C(=O)[C@H]2[C@H](C1=O)[C@H]1C=C[C@H]2C1)NCCCOC1CCCCC1. The van der Waals surface area contributed by atoms with Gasteiger partial charge in [-0.1, -0.05) is 31.4 Å². The summed E-state index contributed by atoms with van der Waals surface area (Å²) in [6.45, 7) is 1.01. The second-order valence-electron chi connectivity index (χ2n) is 8.10. The molecule has 1 heterocycles. The number of hydrogen-bond acceptors (Lipinski definition) is 4. The van der Waals surface area contributed by atoms with Crippen molar-refractivity contribution in [3.05, 3.63) is 12.2 Å². The number of amides is 3. The fourth-order valence-corrected chi connectivity index (χ4v) is 5.10. The predicted molar refractivity (Wildman–Crippen MR) is 94.9 cm³/mol. The minimum absolute atomic E-state index is 0.145. The predicted octanol–water partition coefficient (Wildman–Crippen LogP) is 1.65. The van der Waals surface area contributed by atoms with E-state index in [9.17, 15) is 14.4 Å². The van der Waals surface area contributed by atoms with E-state index in [1.807, 2.05) is 0 Å². The first-order valence-corrected chi connectivity index (χ1v) is 10.1. The third-order valence-electron chi connectivity index (χ3n) is 6.41. The highest BCUT2D eigenvalue weighted by Crippen LogP contribution is 2.52. The monoisotopic (exact) mass is 360 g/mol. The van der Waals surface area contributed by atoms with Crippen molar-refractivity contribution in [1.82, 2.24) is 10.2 Å². The molecule has 4 aliphatic rings. The Hall–Kier alpha value is -1.69. The van der Waals surface area contributed by atoms with E-state index in [-0.39, 0.29) is 47.9 Å². The number of hydrogen-bond donors (Lipinski definition) is 1. The minimum atomic E-state index is -0.260. The first kappa shape index (κ1) is 17.7. The average Bonchev–Trinajstić information content (AvgIpc) is 3.32. The van der Waals surface area contributed by atoms with Gasteiger partial charge in [-0.15, -0.1) is 0 Å². The number of likely N-dealkylation sites (tertiary alicyclic amines) is 1. The topological polar surface area (TPSA) is 75.7 Å². The Morgan fingerprint density at radius 2 is 1.73 bits per heavy atom. The number of ether oxygens (including phenoxy) is 1. The van der Waals surface area contributed by atoms with Gasteiger partial charge in [0.25, 0.3) is 0 Å². The Morgan fingerprint density at radius 3 is 2.38 bits per heavy atom. The summed E-state index contributed by atoms with van der Waals surface area (Å²) in [4.78, 5) is 38.4. The molecule has 0 aromatic carbocycles. The molecule has 6 nitrogen and oxygen atoms in total. The lowest BCUT2D eigenvalue weighted by Crippen LogP contribution is -2.42. The summed E-state index contributed by atoms with van der Waals surface area (Å²) >= 11 is 0. The van der Waals surface area contributed by atoms with Gasteiger partial charge in [-0.05, 0) is 37.5 Å². The molecule has 0 radical (unpaired) electrons. The van der Waals surface area contributed by atoms with E-state index in [0.717, 1.165) is 25.7 Å². The molecular weight excluding hydrogens is 332 g/mol. The van der Waals surface area contributed by atoms with Crippen molar-refractivity contribution in [1.29, 1.82) is 0 Å². The number of carbonyl (C=O) groups is 3. The van der Waals surface area contributed by atoms with E-state index in [0.29, 0.717) is 19.3 Å². The van der Waals surface area contributed by atoms with Crippen LogP contribution in [0.25, 0.3) is 0 Å². The molecule has 0 unspecified atom stereocenters. The van der Waals surface area contributed by atoms with Crippen molar-refractivity contribution in [3.63, 3.8) is 0 Å². The normalized spacial score (nSPS) is 33.2. The van der Waals surface area contributed by atoms with Crippen LogP contribution in [0.1, 0.15) is 44.9 Å². The third kappa shape index (κ3) is 3.31. The van der Waals surface area contributed by atoms with Crippen molar-refractivity contribution < 1.29 is 19.1 Å². The number of nitrogens with zero attached hydrogens (tertiary/aromatic N) is 1. The van der Waals surface area contributed by atoms with Crippen LogP contribution >= 0.6 is 0 Å². The molecular formula is C20H28N2O4. The molecule has 2 bridgehead atoms. The summed E-state index contributed by atoms with van der Waals surface area (Å²) in [6.07, 6.45) is 12.3. The van der Waals surface area contributed by atoms with Crippen molar-refractivity contribution in [2.45, 2.75) is 51.0 Å². The van der Waals surface area contributed by atoms with Crippen LogP contribution < -0.4 is 5.32 Å². The number of rotatable bonds is 7. The molecule has 1 saturated heterocycles. The molecule has 3 aliphatic carbocycles. The van der Waals surface area contributed by atoms with Crippen LogP contribution in [0.5, 0.6) is 0 Å². The highest BCUT2D eigenvalue weighted by atomic mass is 16.5. The van der Waals surface area contributed by atoms with Gasteiger partial charge in [-0.2, -0.15) is 0 Å². The first-order chi connectivity index (χ1) is 12.6. The van der Waals surface area contributed by atoms with Crippen molar-refractivity contribution in [2.75, 3.05) is 19.7 Å². The largest absolute Gasteiger partial charge is 0.378 e. The van der Waals surface area contributed by atoms with E-state index in [4.69, 9.17) is 4.74 Å². The summed E-state index contributed by atoms with van der Waals surface area (Å²) < 4.78 is 5.84. The summed E-state index contributed by atoms with van der Waals surface area (Å²) in [6, 6.07) is 0. The van der Waals surface area contributed by atoms with Crippen molar-refractivity contribution in [2.24, 2.45) is 23.7 Å². The maximum Gasteiger partial charge on any atom is 0.240 e. The van der Waals surface area contributed by atoms with E-state index in [2.05, 4.69) is 17.5 Å². The van der Waals surface area contributed by atoms with Gasteiger partial charge in [0.2, 0.25) is 17.7 Å². The van der Waals surface area contributed by atoms with E-state index < -0.39 is 0 Å². The van der Waals surface area contributed by atoms with Gasteiger partial charge in [-0.25, -0.2) is 0 Å². The van der Waals surface area contributed by atoms with Gasteiger partial charge < -0.3 is 10.1 Å². The van der Waals surface area contributed by atoms with Gasteiger partial charge in [0.15, 0.2) is 0 Å². The van der Waals surface area contributed by atoms with Crippen molar-refractivity contribution in [3.8, 4) is 0 Å². The molecule has 142 valence electrons. The van der Waals surface area contributed by atoms with Gasteiger partial charge in [0, 0.05) is 13.2 Å². The first-order valence-electron chi connectivity index (χ1n) is 10.1. The molecule has 1 aliphatic heterocycles. The third-order valence-corrected chi connectivity index (χ3v) is 6.41. The molecule has 3 amide bonds. The molecule has 0 aromatic rings. The second kappa shape index (κ2) is 7.51. The standard InChI is InChI=1S/C20H28N2O4/c23-16(21-9-4-10-26-15-5-2-1-3-6-15)12-22-19(24)17-13-7-8-14(11-13)18(17)20(22)25/h7-8,13-15,17-18H,1-6,9-12H2,(H,21,23)/t13-,14-,17+,18+/m0/s1. The number of fused-ring (bicyclic) bond motifs is 5. The van der Waals surface area contributed by atoms with Gasteiger partial charge >= 0.3 is 0 Å². The molecule has 4 atom stereocenters. The summed E-state index contributed by atoms with van der Waals surface area (Å²) in [5.41, 5.74) is 0. The maximum atomic E-state index is 12.5. The van der Waals surface area contributed by atoms with Crippen LogP contribution in [0.15, 0.2) is 12.2 Å². The Morgan fingerprint density at radius 1 is 1.08 bits per heavy atom. The van der Waals surface area contributed by atoms with Crippen LogP contribution in [0, 0.1) is 23.7 Å². The molecule has 0 aromatic heterocycles. The summed E-state index contributed by atoms with van der Waals surface area (Å²) in [5, 5.41) is 2.81. The molecule has 4 rings (SSSR count). The van der Waals surface area contributed by atoms with E-state index in [1.54, 1.807) is 0 Å². The average molecular weight is 360 g/mol. The highest BCUT2D eigenvalue weighted by Gasteiger charge is 2.59. The van der Waals surface area contributed by atoms with Gasteiger partial charge in [0.1, 0.15) is 6.54 Å². The molecule has 6 heteroatoms. The fourth-order valence-electron chi connectivity index (χ4n) is 5.10. The summed E-state index contributed by atoms with van der Waals surface area (Å²) in [5.74, 6) is -0.661. The number of imide groups is 1. The molecule has 26 heavy (non-hydrogen) atoms. The number of nitrogens with one attached hydrogen (secondary N) is 1. The van der Waals surface area contributed by atoms with Crippen LogP contribution in [0.4, 0.5) is 0 Å². The lowest BCUT2D eigenvalue weighted by Gasteiger charge is -2.22. The molecule has 1 N–H and O–H groups in total. The second-order valence-corrected chi connectivity index (χ2v) is 8.10. The zero-order valence-corrected chi connectivity index (χ0v) is 15.2. The molecule has 2 saturated carbocycles. The Bertz CT molecular complexity index is 581. The van der Waals surface area contributed by atoms with Crippen molar-refractivity contribution >= 4 is 17.7 Å². The minimum Gasteiger partial charge on any atom is -0.378 e. The Kier molecular flexibility index (Phi) is 5.11.